The van der Waals surface area contributed by atoms with Gasteiger partial charge in [-0.1, -0.05) is 24.3 Å². The SMILES string of the molecule is Cc1ccc(-n2ncc3c(=O)n(OCCCCN4CCN(c5ccccc5)CC4)c(C)nc32)cc1C. The zero-order valence-electron chi connectivity index (χ0n) is 21.4. The number of benzene rings is 2. The quantitative estimate of drug-likeness (QED) is 0.355. The number of aryl methyl sites for hydroxylation is 3. The van der Waals surface area contributed by atoms with Crippen LogP contribution in [0, 0.1) is 20.8 Å². The summed E-state index contributed by atoms with van der Waals surface area (Å²) in [6.45, 7) is 11.7. The van der Waals surface area contributed by atoms with Crippen LogP contribution >= 0.6 is 0 Å². The van der Waals surface area contributed by atoms with Crippen molar-refractivity contribution in [2.45, 2.75) is 33.6 Å². The average Bonchev–Trinajstić information content (AvgIpc) is 3.32. The Labute approximate surface area is 211 Å². The Bertz CT molecular complexity index is 1390. The lowest BCUT2D eigenvalue weighted by molar-refractivity contribution is 0.0902. The standard InChI is InChI=1S/C28H34N6O2/c1-21-11-12-25(19-22(21)2)33-27-26(20-29-33)28(35)34(23(3)30-27)36-18-8-7-13-31-14-16-32(17-15-31)24-9-5-4-6-10-24/h4-6,9-12,19-20H,7-8,13-18H2,1-3H3. The van der Waals surface area contributed by atoms with Gasteiger partial charge in [-0.2, -0.15) is 5.10 Å². The average molecular weight is 487 g/mol. The van der Waals surface area contributed by atoms with Gasteiger partial charge in [0.25, 0.3) is 5.56 Å². The van der Waals surface area contributed by atoms with Crippen molar-refractivity contribution >= 4 is 16.7 Å². The Balaban J connectivity index is 1.15. The fourth-order valence-corrected chi connectivity index (χ4v) is 4.72. The number of para-hydroxylation sites is 1. The van der Waals surface area contributed by atoms with Crippen LogP contribution in [-0.4, -0.2) is 63.7 Å². The molecule has 4 aromatic rings. The molecule has 1 fully saturated rings. The molecule has 0 unspecified atom stereocenters. The van der Waals surface area contributed by atoms with Gasteiger partial charge in [0.05, 0.1) is 11.9 Å². The minimum atomic E-state index is -0.218. The molecule has 5 rings (SSSR count). The van der Waals surface area contributed by atoms with E-state index in [2.05, 4.69) is 76.2 Å². The van der Waals surface area contributed by atoms with Gasteiger partial charge in [-0.3, -0.25) is 9.69 Å². The number of aromatic nitrogens is 4. The van der Waals surface area contributed by atoms with Crippen LogP contribution in [-0.2, 0) is 0 Å². The maximum atomic E-state index is 13.1. The Morgan fingerprint density at radius 3 is 2.42 bits per heavy atom. The van der Waals surface area contributed by atoms with E-state index in [9.17, 15) is 4.79 Å². The molecule has 0 radical (unpaired) electrons. The lowest BCUT2D eigenvalue weighted by Crippen LogP contribution is -2.46. The molecular weight excluding hydrogens is 452 g/mol. The van der Waals surface area contributed by atoms with E-state index in [-0.39, 0.29) is 5.56 Å². The van der Waals surface area contributed by atoms with E-state index >= 15 is 0 Å². The number of hydrogen-bond acceptors (Lipinski definition) is 6. The van der Waals surface area contributed by atoms with Gasteiger partial charge in [0.2, 0.25) is 0 Å². The molecule has 8 nitrogen and oxygen atoms in total. The number of unbranched alkanes of at least 4 members (excludes halogenated alkanes) is 1. The first-order chi connectivity index (χ1) is 17.5. The lowest BCUT2D eigenvalue weighted by atomic mass is 10.1. The van der Waals surface area contributed by atoms with E-state index in [0.29, 0.717) is 23.5 Å². The highest BCUT2D eigenvalue weighted by molar-refractivity contribution is 5.75. The second-order valence-corrected chi connectivity index (χ2v) is 9.53. The second kappa shape index (κ2) is 10.5. The van der Waals surface area contributed by atoms with Crippen LogP contribution in [0.25, 0.3) is 16.7 Å². The summed E-state index contributed by atoms with van der Waals surface area (Å²) >= 11 is 0. The summed E-state index contributed by atoms with van der Waals surface area (Å²) in [5, 5.41) is 4.90. The summed E-state index contributed by atoms with van der Waals surface area (Å²) in [7, 11) is 0. The van der Waals surface area contributed by atoms with Gasteiger partial charge in [-0.25, -0.2) is 9.67 Å². The van der Waals surface area contributed by atoms with Crippen LogP contribution < -0.4 is 15.3 Å². The Hall–Kier alpha value is -3.65. The molecule has 0 saturated carbocycles. The van der Waals surface area contributed by atoms with E-state index in [1.165, 1.54) is 21.5 Å². The minimum absolute atomic E-state index is 0.218. The molecule has 0 bridgehead atoms. The summed E-state index contributed by atoms with van der Waals surface area (Å²) in [4.78, 5) is 28.6. The van der Waals surface area contributed by atoms with Gasteiger partial charge in [0.1, 0.15) is 17.8 Å². The normalized spacial score (nSPS) is 14.5. The predicted molar refractivity (Wildman–Crippen MR) is 143 cm³/mol. The van der Waals surface area contributed by atoms with Gasteiger partial charge in [-0.15, -0.1) is 4.73 Å². The Morgan fingerprint density at radius 2 is 1.67 bits per heavy atom. The van der Waals surface area contributed by atoms with Crippen molar-refractivity contribution in [3.05, 3.63) is 82.0 Å². The van der Waals surface area contributed by atoms with E-state index in [4.69, 9.17) is 4.84 Å². The summed E-state index contributed by atoms with van der Waals surface area (Å²) in [5.41, 5.74) is 4.91. The molecule has 1 aliphatic heterocycles. The van der Waals surface area contributed by atoms with Gasteiger partial charge >= 0.3 is 0 Å². The number of rotatable bonds is 8. The molecule has 0 N–H and O–H groups in total. The third kappa shape index (κ3) is 4.99. The van der Waals surface area contributed by atoms with Crippen LogP contribution in [0.1, 0.15) is 29.8 Å². The topological polar surface area (TPSA) is 68.4 Å². The molecule has 1 aliphatic rings. The molecule has 0 atom stereocenters. The van der Waals surface area contributed by atoms with E-state index < -0.39 is 0 Å². The van der Waals surface area contributed by atoms with Crippen molar-refractivity contribution in [1.82, 2.24) is 24.4 Å². The molecule has 0 spiro atoms. The van der Waals surface area contributed by atoms with Gasteiger partial charge in [-0.05, 0) is 75.5 Å². The summed E-state index contributed by atoms with van der Waals surface area (Å²) in [6.07, 6.45) is 3.48. The number of piperazine rings is 1. The first-order valence-corrected chi connectivity index (χ1v) is 12.7. The summed E-state index contributed by atoms with van der Waals surface area (Å²) in [5.74, 6) is 0.523. The van der Waals surface area contributed by atoms with Crippen molar-refractivity contribution in [2.24, 2.45) is 0 Å². The number of fused-ring (bicyclic) bond motifs is 1. The van der Waals surface area contributed by atoms with Crippen molar-refractivity contribution in [2.75, 3.05) is 44.2 Å². The fraction of sp³-hybridized carbons (Fsp3) is 0.393. The Morgan fingerprint density at radius 1 is 0.889 bits per heavy atom. The molecule has 1 saturated heterocycles. The molecule has 8 heteroatoms. The number of nitrogens with zero attached hydrogens (tertiary/aromatic N) is 6. The van der Waals surface area contributed by atoms with E-state index in [1.807, 2.05) is 6.07 Å². The maximum absolute atomic E-state index is 13.1. The Kier molecular flexibility index (Phi) is 7.04. The molecule has 0 aliphatic carbocycles. The minimum Gasteiger partial charge on any atom is -0.409 e. The molecule has 188 valence electrons. The van der Waals surface area contributed by atoms with Crippen molar-refractivity contribution in [1.29, 1.82) is 0 Å². The molecule has 0 amide bonds. The van der Waals surface area contributed by atoms with Gasteiger partial charge in [0, 0.05) is 31.9 Å². The molecule has 2 aromatic carbocycles. The van der Waals surface area contributed by atoms with Crippen molar-refractivity contribution in [3.8, 4) is 5.69 Å². The highest BCUT2D eigenvalue weighted by atomic mass is 16.7. The first-order valence-electron chi connectivity index (χ1n) is 12.7. The zero-order valence-corrected chi connectivity index (χ0v) is 21.4. The van der Waals surface area contributed by atoms with Crippen molar-refractivity contribution < 1.29 is 4.84 Å². The first kappa shape index (κ1) is 24.1. The van der Waals surface area contributed by atoms with Crippen LogP contribution in [0.4, 0.5) is 5.69 Å². The summed E-state index contributed by atoms with van der Waals surface area (Å²) < 4.78 is 3.03. The molecular formula is C28H34N6O2. The second-order valence-electron chi connectivity index (χ2n) is 9.53. The smallest absolute Gasteiger partial charge is 0.297 e. The highest BCUT2D eigenvalue weighted by Crippen LogP contribution is 2.18. The van der Waals surface area contributed by atoms with Crippen LogP contribution in [0.5, 0.6) is 0 Å². The van der Waals surface area contributed by atoms with E-state index in [0.717, 1.165) is 51.3 Å². The monoisotopic (exact) mass is 486 g/mol. The van der Waals surface area contributed by atoms with Crippen LogP contribution in [0.3, 0.4) is 0 Å². The molecule has 3 heterocycles. The number of anilines is 1. The molecule has 2 aromatic heterocycles. The zero-order chi connectivity index (χ0) is 25.1. The number of hydrogen-bond donors (Lipinski definition) is 0. The highest BCUT2D eigenvalue weighted by Gasteiger charge is 2.17. The summed E-state index contributed by atoms with van der Waals surface area (Å²) in [6, 6.07) is 16.7. The third-order valence-electron chi connectivity index (χ3n) is 7.04. The van der Waals surface area contributed by atoms with Crippen LogP contribution in [0.15, 0.2) is 59.5 Å². The fourth-order valence-electron chi connectivity index (χ4n) is 4.72. The van der Waals surface area contributed by atoms with Crippen LogP contribution in [0.2, 0.25) is 0 Å². The predicted octanol–water partition coefficient (Wildman–Crippen LogP) is 3.54. The van der Waals surface area contributed by atoms with E-state index in [1.54, 1.807) is 17.8 Å². The molecule has 36 heavy (non-hydrogen) atoms. The van der Waals surface area contributed by atoms with Gasteiger partial charge in [0.15, 0.2) is 5.65 Å². The maximum Gasteiger partial charge on any atom is 0.297 e. The third-order valence-corrected chi connectivity index (χ3v) is 7.04. The largest absolute Gasteiger partial charge is 0.409 e. The van der Waals surface area contributed by atoms with Gasteiger partial charge < -0.3 is 9.74 Å². The lowest BCUT2D eigenvalue weighted by Gasteiger charge is -2.36. The van der Waals surface area contributed by atoms with Crippen molar-refractivity contribution in [3.63, 3.8) is 0 Å².